The van der Waals surface area contributed by atoms with Crippen molar-refractivity contribution in [2.24, 2.45) is 0 Å². The van der Waals surface area contributed by atoms with Crippen LogP contribution in [0.25, 0.3) is 11.4 Å². The van der Waals surface area contributed by atoms with Crippen LogP contribution in [0.2, 0.25) is 0 Å². The van der Waals surface area contributed by atoms with Crippen molar-refractivity contribution in [2.75, 3.05) is 5.73 Å². The van der Waals surface area contributed by atoms with Crippen molar-refractivity contribution in [1.29, 1.82) is 0 Å². The minimum absolute atomic E-state index is 0.466. The number of hydrogen-bond acceptors (Lipinski definition) is 4. The summed E-state index contributed by atoms with van der Waals surface area (Å²) in [6.07, 6.45) is 0. The molecule has 12 heavy (non-hydrogen) atoms. The van der Waals surface area contributed by atoms with Gasteiger partial charge in [0.15, 0.2) is 0 Å². The Kier molecular flexibility index (Phi) is 1.48. The maximum Gasteiger partial charge on any atom is 0.0417 e. The molecule has 0 radical (unpaired) electrons. The first-order chi connectivity index (χ1) is 5.88. The molecule has 1 aromatic heterocycles. The molecule has 0 aliphatic carbocycles. The lowest BCUT2D eigenvalue weighted by Gasteiger charge is -2.02. The maximum atomic E-state index is 5.68. The fourth-order valence-corrected chi connectivity index (χ4v) is 0.953. The molecule has 0 unspecified atom stereocenters. The molecule has 5 nitrogen and oxygen atoms in total. The van der Waals surface area contributed by atoms with Crippen LogP contribution in [0.15, 0.2) is 24.3 Å². The van der Waals surface area contributed by atoms with Crippen LogP contribution in [0.5, 0.6) is 0 Å². The summed E-state index contributed by atoms with van der Waals surface area (Å²) in [6, 6.07) is 7.32. The first kappa shape index (κ1) is 6.78. The van der Waals surface area contributed by atoms with Gasteiger partial charge in [-0.3, -0.25) is 10.3 Å². The van der Waals surface area contributed by atoms with Gasteiger partial charge >= 0.3 is 0 Å². The molecule has 1 heterocycles. The fraction of sp³-hybridized carbons (Fsp3) is 0. The van der Waals surface area contributed by atoms with Gasteiger partial charge in [-0.15, -0.1) is 0 Å². The number of hydrogen-bond donors (Lipinski definition) is 1. The van der Waals surface area contributed by atoms with Gasteiger partial charge in [0.2, 0.25) is 0 Å². The molecule has 0 spiro atoms. The van der Waals surface area contributed by atoms with E-state index in [2.05, 4.69) is 20.6 Å². The lowest BCUT2D eigenvalue weighted by molar-refractivity contribution is 0.871. The van der Waals surface area contributed by atoms with E-state index in [0.29, 0.717) is 11.5 Å². The van der Waals surface area contributed by atoms with Gasteiger partial charge in [-0.25, -0.2) is 0 Å². The largest absolute Gasteiger partial charge is 0.398 e. The van der Waals surface area contributed by atoms with Gasteiger partial charge in [-0.05, 0) is 6.07 Å². The Morgan fingerprint density at radius 3 is 2.75 bits per heavy atom. The number of nitrogens with two attached hydrogens (primary N) is 1. The number of para-hydroxylation sites is 1. The van der Waals surface area contributed by atoms with Crippen LogP contribution >= 0.6 is 0 Å². The van der Waals surface area contributed by atoms with Gasteiger partial charge in [0.1, 0.15) is 0 Å². The standard InChI is InChI=1S/C7H6N5/c8-6-4-2-1-3-5(6)7-9-11-12-10-7/h1-4H,8H2/q-1. The van der Waals surface area contributed by atoms with Crippen LogP contribution in [0, 0.1) is 0 Å². The molecular formula is C7H6N5-. The molecule has 2 rings (SSSR count). The highest BCUT2D eigenvalue weighted by atomic mass is 15.5. The summed E-state index contributed by atoms with van der Waals surface area (Å²) < 4.78 is 0. The van der Waals surface area contributed by atoms with E-state index in [0.717, 1.165) is 5.56 Å². The summed E-state index contributed by atoms with van der Waals surface area (Å²) in [4.78, 5) is 0. The molecule has 5 heteroatoms. The van der Waals surface area contributed by atoms with Crippen molar-refractivity contribution >= 4 is 5.69 Å². The molecule has 0 saturated heterocycles. The van der Waals surface area contributed by atoms with E-state index in [4.69, 9.17) is 5.73 Å². The van der Waals surface area contributed by atoms with Gasteiger partial charge in [-0.2, -0.15) is 5.21 Å². The quantitative estimate of drug-likeness (QED) is 0.597. The zero-order valence-corrected chi connectivity index (χ0v) is 6.18. The number of rotatable bonds is 1. The number of benzene rings is 1. The number of aromatic nitrogens is 4. The lowest BCUT2D eigenvalue weighted by Crippen LogP contribution is -1.91. The van der Waals surface area contributed by atoms with Crippen molar-refractivity contribution in [2.45, 2.75) is 0 Å². The average Bonchev–Trinajstić information content (AvgIpc) is 2.57. The molecule has 60 valence electrons. The van der Waals surface area contributed by atoms with Crippen LogP contribution in [-0.4, -0.2) is 15.5 Å². The van der Waals surface area contributed by atoms with Crippen molar-refractivity contribution in [3.8, 4) is 11.4 Å². The minimum Gasteiger partial charge on any atom is -0.398 e. The second-order valence-electron chi connectivity index (χ2n) is 2.29. The van der Waals surface area contributed by atoms with E-state index >= 15 is 0 Å². The van der Waals surface area contributed by atoms with Gasteiger partial charge in [-0.1, -0.05) is 18.2 Å². The molecular weight excluding hydrogens is 154 g/mol. The molecule has 0 bridgehead atoms. The van der Waals surface area contributed by atoms with Crippen LogP contribution in [0.4, 0.5) is 5.69 Å². The normalized spacial score (nSPS) is 10.0. The maximum absolute atomic E-state index is 5.68. The summed E-state index contributed by atoms with van der Waals surface area (Å²) in [6.45, 7) is 0. The highest BCUT2D eigenvalue weighted by molar-refractivity contribution is 5.70. The topological polar surface area (TPSA) is 78.8 Å². The Hall–Kier alpha value is -1.91. The summed E-state index contributed by atoms with van der Waals surface area (Å²) in [5.74, 6) is 0.466. The predicted octanol–water partition coefficient (Wildman–Crippen LogP) is 0.0780. The molecule has 0 fully saturated rings. The summed E-state index contributed by atoms with van der Waals surface area (Å²) >= 11 is 0. The smallest absolute Gasteiger partial charge is 0.0417 e. The molecule has 1 aromatic carbocycles. The van der Waals surface area contributed by atoms with E-state index < -0.39 is 0 Å². The third-order valence-electron chi connectivity index (χ3n) is 1.52. The highest BCUT2D eigenvalue weighted by Gasteiger charge is 1.97. The third-order valence-corrected chi connectivity index (χ3v) is 1.52. The SMILES string of the molecule is Nc1ccccc1-c1nnn[n-]1. The molecule has 0 saturated carbocycles. The number of anilines is 1. The van der Waals surface area contributed by atoms with E-state index in [1.54, 1.807) is 6.07 Å². The molecule has 2 aromatic rings. The van der Waals surface area contributed by atoms with Crippen molar-refractivity contribution < 1.29 is 0 Å². The predicted molar refractivity (Wildman–Crippen MR) is 43.0 cm³/mol. The van der Waals surface area contributed by atoms with Crippen LogP contribution in [0.3, 0.4) is 0 Å². The number of tetrazole rings is 1. The lowest BCUT2D eigenvalue weighted by atomic mass is 10.2. The van der Waals surface area contributed by atoms with Gasteiger partial charge < -0.3 is 10.8 Å². The first-order valence-corrected chi connectivity index (χ1v) is 3.41. The summed E-state index contributed by atoms with van der Waals surface area (Å²) in [5.41, 5.74) is 7.07. The zero-order valence-electron chi connectivity index (χ0n) is 6.18. The highest BCUT2D eigenvalue weighted by Crippen LogP contribution is 2.19. The second kappa shape index (κ2) is 2.61. The van der Waals surface area contributed by atoms with E-state index in [1.807, 2.05) is 18.2 Å². The first-order valence-electron chi connectivity index (χ1n) is 3.41. The Balaban J connectivity index is 2.55. The van der Waals surface area contributed by atoms with Crippen LogP contribution in [-0.2, 0) is 0 Å². The monoisotopic (exact) mass is 160 g/mol. The fourth-order valence-electron chi connectivity index (χ4n) is 0.953. The van der Waals surface area contributed by atoms with Crippen LogP contribution in [0.1, 0.15) is 0 Å². The molecule has 0 amide bonds. The third kappa shape index (κ3) is 1.01. The summed E-state index contributed by atoms with van der Waals surface area (Å²) in [5, 5.41) is 14.1. The Morgan fingerprint density at radius 1 is 1.25 bits per heavy atom. The van der Waals surface area contributed by atoms with E-state index in [9.17, 15) is 0 Å². The Morgan fingerprint density at radius 2 is 2.08 bits per heavy atom. The molecule has 2 N–H and O–H groups in total. The molecule has 0 aliphatic heterocycles. The number of nitrogen functional groups attached to an aromatic ring is 1. The van der Waals surface area contributed by atoms with E-state index in [1.165, 1.54) is 0 Å². The second-order valence-corrected chi connectivity index (χ2v) is 2.29. The van der Waals surface area contributed by atoms with Crippen molar-refractivity contribution in [1.82, 2.24) is 20.6 Å². The van der Waals surface area contributed by atoms with E-state index in [-0.39, 0.29) is 0 Å². The summed E-state index contributed by atoms with van der Waals surface area (Å²) in [7, 11) is 0. The Bertz CT molecular complexity index is 367. The minimum atomic E-state index is 0.466. The van der Waals surface area contributed by atoms with Gasteiger partial charge in [0.05, 0.1) is 0 Å². The van der Waals surface area contributed by atoms with Crippen LogP contribution < -0.4 is 10.8 Å². The number of nitrogens with zero attached hydrogens (tertiary/aromatic N) is 4. The Labute approximate surface area is 68.6 Å². The van der Waals surface area contributed by atoms with Gasteiger partial charge in [0.25, 0.3) is 0 Å². The molecule has 0 aliphatic rings. The zero-order chi connectivity index (χ0) is 8.39. The van der Waals surface area contributed by atoms with Gasteiger partial charge in [0, 0.05) is 17.1 Å². The van der Waals surface area contributed by atoms with Crippen molar-refractivity contribution in [3.63, 3.8) is 0 Å². The van der Waals surface area contributed by atoms with Crippen molar-refractivity contribution in [3.05, 3.63) is 24.3 Å². The molecule has 0 atom stereocenters. The average molecular weight is 160 g/mol.